The maximum atomic E-state index is 11.5. The molecule has 0 amide bonds. The predicted octanol–water partition coefficient (Wildman–Crippen LogP) is 2.36. The van der Waals surface area contributed by atoms with E-state index in [-0.39, 0.29) is 5.97 Å². The van der Waals surface area contributed by atoms with Crippen molar-refractivity contribution in [2.45, 2.75) is 20.8 Å². The Morgan fingerprint density at radius 1 is 1.44 bits per heavy atom. The van der Waals surface area contributed by atoms with Crippen LogP contribution in [0.2, 0.25) is 0 Å². The van der Waals surface area contributed by atoms with E-state index in [1.807, 2.05) is 19.9 Å². The van der Waals surface area contributed by atoms with Gasteiger partial charge < -0.3 is 9.72 Å². The number of ether oxygens (including phenoxy) is 1. The minimum atomic E-state index is -0.336. The van der Waals surface area contributed by atoms with Gasteiger partial charge >= 0.3 is 5.97 Å². The fourth-order valence-corrected chi connectivity index (χ4v) is 1.76. The Morgan fingerprint density at radius 2 is 2.19 bits per heavy atom. The molecule has 0 unspecified atom stereocenters. The minimum Gasteiger partial charge on any atom is -0.461 e. The lowest BCUT2D eigenvalue weighted by Gasteiger charge is -1.98. The number of hydrogen-bond acceptors (Lipinski definition) is 3. The molecular weight excluding hydrogens is 204 g/mol. The monoisotopic (exact) mass is 218 g/mol. The summed E-state index contributed by atoms with van der Waals surface area (Å²) in [5, 5.41) is 0. The second-order valence-corrected chi connectivity index (χ2v) is 3.74. The van der Waals surface area contributed by atoms with Gasteiger partial charge in [-0.05, 0) is 38.5 Å². The first-order valence-corrected chi connectivity index (χ1v) is 5.26. The van der Waals surface area contributed by atoms with Crippen molar-refractivity contribution in [2.24, 2.45) is 0 Å². The van der Waals surface area contributed by atoms with Crippen LogP contribution in [0.5, 0.6) is 0 Å². The Labute approximate surface area is 93.6 Å². The van der Waals surface area contributed by atoms with Gasteiger partial charge in [0.15, 0.2) is 0 Å². The molecule has 0 spiro atoms. The number of pyridine rings is 1. The lowest BCUT2D eigenvalue weighted by molar-refractivity contribution is 0.0520. The lowest BCUT2D eigenvalue weighted by atomic mass is 10.2. The number of carbonyl (C=O) groups excluding carboxylic acids is 1. The average molecular weight is 218 g/mol. The van der Waals surface area contributed by atoms with Gasteiger partial charge in [-0.2, -0.15) is 0 Å². The summed E-state index contributed by atoms with van der Waals surface area (Å²) in [6.07, 6.45) is 0. The minimum absolute atomic E-state index is 0.336. The van der Waals surface area contributed by atoms with Crippen LogP contribution in [0.15, 0.2) is 12.1 Å². The number of carbonyl (C=O) groups is 1. The van der Waals surface area contributed by atoms with Gasteiger partial charge in [-0.3, -0.25) is 4.98 Å². The normalized spacial score (nSPS) is 10.7. The van der Waals surface area contributed by atoms with Crippen LogP contribution >= 0.6 is 0 Å². The highest BCUT2D eigenvalue weighted by Gasteiger charge is 2.12. The summed E-state index contributed by atoms with van der Waals surface area (Å²) < 4.78 is 4.93. The number of nitrogens with one attached hydrogen (secondary N) is 1. The topological polar surface area (TPSA) is 55.0 Å². The van der Waals surface area contributed by atoms with E-state index in [4.69, 9.17) is 4.74 Å². The number of H-pyrrole nitrogens is 1. The third-order valence-corrected chi connectivity index (χ3v) is 2.41. The van der Waals surface area contributed by atoms with Crippen molar-refractivity contribution in [1.82, 2.24) is 9.97 Å². The molecule has 0 atom stereocenters. The Bertz CT molecular complexity index is 543. The van der Waals surface area contributed by atoms with Crippen LogP contribution < -0.4 is 0 Å². The maximum absolute atomic E-state index is 11.5. The van der Waals surface area contributed by atoms with Crippen LogP contribution in [0.25, 0.3) is 11.0 Å². The highest BCUT2D eigenvalue weighted by molar-refractivity contribution is 5.94. The number of aromatic amines is 1. The molecule has 2 aromatic heterocycles. The zero-order valence-electron chi connectivity index (χ0n) is 9.63. The molecule has 1 N–H and O–H groups in total. The van der Waals surface area contributed by atoms with Crippen molar-refractivity contribution < 1.29 is 9.53 Å². The molecule has 2 rings (SSSR count). The van der Waals surface area contributed by atoms with Gasteiger partial charge in [-0.15, -0.1) is 0 Å². The second kappa shape index (κ2) is 3.96. The van der Waals surface area contributed by atoms with Crippen molar-refractivity contribution >= 4 is 17.0 Å². The largest absolute Gasteiger partial charge is 0.461 e. The van der Waals surface area contributed by atoms with Gasteiger partial charge in [-0.25, -0.2) is 4.79 Å². The lowest BCUT2D eigenvalue weighted by Crippen LogP contribution is -2.04. The molecule has 0 aromatic carbocycles. The van der Waals surface area contributed by atoms with Crippen molar-refractivity contribution in [2.75, 3.05) is 6.61 Å². The molecule has 0 saturated carbocycles. The first-order chi connectivity index (χ1) is 7.61. The standard InChI is InChI=1S/C12H14N2O2/c1-4-16-12(15)10-6-9-11(14-10)7(2)5-8(3)13-9/h5-6,14H,4H2,1-3H3. The zero-order valence-corrected chi connectivity index (χ0v) is 9.63. The summed E-state index contributed by atoms with van der Waals surface area (Å²) in [4.78, 5) is 18.9. The molecule has 0 fully saturated rings. The Hall–Kier alpha value is -1.84. The van der Waals surface area contributed by atoms with E-state index >= 15 is 0 Å². The Balaban J connectivity index is 2.51. The molecule has 0 saturated heterocycles. The van der Waals surface area contributed by atoms with Gasteiger partial charge in [0, 0.05) is 5.69 Å². The summed E-state index contributed by atoms with van der Waals surface area (Å²) in [5.41, 5.74) is 4.18. The molecule has 4 nitrogen and oxygen atoms in total. The number of nitrogens with zero attached hydrogens (tertiary/aromatic N) is 1. The third kappa shape index (κ3) is 1.78. The molecule has 0 aliphatic heterocycles. The molecule has 0 radical (unpaired) electrons. The molecule has 4 heteroatoms. The fourth-order valence-electron chi connectivity index (χ4n) is 1.76. The van der Waals surface area contributed by atoms with E-state index in [0.717, 1.165) is 22.3 Å². The quantitative estimate of drug-likeness (QED) is 0.787. The van der Waals surface area contributed by atoms with Gasteiger partial charge in [0.2, 0.25) is 0 Å². The number of fused-ring (bicyclic) bond motifs is 1. The highest BCUT2D eigenvalue weighted by atomic mass is 16.5. The summed E-state index contributed by atoms with van der Waals surface area (Å²) in [6.45, 7) is 6.08. The Morgan fingerprint density at radius 3 is 2.88 bits per heavy atom. The van der Waals surface area contributed by atoms with Crippen molar-refractivity contribution in [3.8, 4) is 0 Å². The molecular formula is C12H14N2O2. The van der Waals surface area contributed by atoms with Crippen molar-refractivity contribution in [3.05, 3.63) is 29.1 Å². The van der Waals surface area contributed by atoms with Crippen LogP contribution in [0, 0.1) is 13.8 Å². The summed E-state index contributed by atoms with van der Waals surface area (Å²) in [5.74, 6) is -0.336. The highest BCUT2D eigenvalue weighted by Crippen LogP contribution is 2.18. The van der Waals surface area contributed by atoms with Gasteiger partial charge in [0.1, 0.15) is 5.69 Å². The fraction of sp³-hybridized carbons (Fsp3) is 0.333. The van der Waals surface area contributed by atoms with Gasteiger partial charge in [0.25, 0.3) is 0 Å². The molecule has 16 heavy (non-hydrogen) atoms. The van der Waals surface area contributed by atoms with E-state index < -0.39 is 0 Å². The second-order valence-electron chi connectivity index (χ2n) is 3.74. The van der Waals surface area contributed by atoms with Crippen molar-refractivity contribution in [3.63, 3.8) is 0 Å². The van der Waals surface area contributed by atoms with Crippen LogP contribution in [0.3, 0.4) is 0 Å². The van der Waals surface area contributed by atoms with E-state index in [1.165, 1.54) is 0 Å². The average Bonchev–Trinajstić information content (AvgIpc) is 2.62. The molecule has 2 heterocycles. The summed E-state index contributed by atoms with van der Waals surface area (Å²) in [7, 11) is 0. The zero-order chi connectivity index (χ0) is 11.7. The number of aryl methyl sites for hydroxylation is 2. The molecule has 84 valence electrons. The van der Waals surface area contributed by atoms with Gasteiger partial charge in [-0.1, -0.05) is 0 Å². The molecule has 0 aliphatic rings. The maximum Gasteiger partial charge on any atom is 0.354 e. The summed E-state index contributed by atoms with van der Waals surface area (Å²) in [6, 6.07) is 3.71. The number of aromatic nitrogens is 2. The number of hydrogen-bond donors (Lipinski definition) is 1. The third-order valence-electron chi connectivity index (χ3n) is 2.41. The summed E-state index contributed by atoms with van der Waals surface area (Å²) >= 11 is 0. The molecule has 0 aliphatic carbocycles. The van der Waals surface area contributed by atoms with Crippen LogP contribution in [0.4, 0.5) is 0 Å². The SMILES string of the molecule is CCOC(=O)c1cc2nc(C)cc(C)c2[nH]1. The number of rotatable bonds is 2. The van der Waals surface area contributed by atoms with Crippen molar-refractivity contribution in [1.29, 1.82) is 0 Å². The van der Waals surface area contributed by atoms with Crippen LogP contribution in [-0.2, 0) is 4.74 Å². The van der Waals surface area contributed by atoms with E-state index in [9.17, 15) is 4.79 Å². The Kier molecular flexibility index (Phi) is 2.64. The molecule has 2 aromatic rings. The van der Waals surface area contributed by atoms with E-state index in [0.29, 0.717) is 12.3 Å². The molecule has 0 bridgehead atoms. The first kappa shape index (κ1) is 10.7. The van der Waals surface area contributed by atoms with Gasteiger partial charge in [0.05, 0.1) is 17.6 Å². The predicted molar refractivity (Wildman–Crippen MR) is 61.5 cm³/mol. The number of esters is 1. The van der Waals surface area contributed by atoms with Crippen LogP contribution in [0.1, 0.15) is 28.7 Å². The van der Waals surface area contributed by atoms with E-state index in [2.05, 4.69) is 9.97 Å². The van der Waals surface area contributed by atoms with E-state index in [1.54, 1.807) is 13.0 Å². The smallest absolute Gasteiger partial charge is 0.354 e. The first-order valence-electron chi connectivity index (χ1n) is 5.26. The van der Waals surface area contributed by atoms with Crippen LogP contribution in [-0.4, -0.2) is 22.5 Å².